The van der Waals surface area contributed by atoms with Crippen LogP contribution in [-0.2, 0) is 19.1 Å². The zero-order chi connectivity index (χ0) is 15.5. The second-order valence-corrected chi connectivity index (χ2v) is 7.90. The second kappa shape index (κ2) is 5.93. The summed E-state index contributed by atoms with van der Waals surface area (Å²) in [4.78, 5) is 23.9. The molecule has 0 atom stereocenters. The van der Waals surface area contributed by atoms with Gasteiger partial charge in [-0.05, 0) is 24.7 Å². The van der Waals surface area contributed by atoms with Gasteiger partial charge in [0.15, 0.2) is 5.41 Å². The molecule has 0 saturated carbocycles. The van der Waals surface area contributed by atoms with Gasteiger partial charge in [0.05, 0.1) is 13.2 Å². The van der Waals surface area contributed by atoms with Crippen LogP contribution in [0.25, 0.3) is 0 Å². The summed E-state index contributed by atoms with van der Waals surface area (Å²) in [7, 11) is 0. The molecule has 0 aliphatic carbocycles. The van der Waals surface area contributed by atoms with Gasteiger partial charge in [0.25, 0.3) is 0 Å². The molecule has 0 amide bonds. The number of rotatable bonds is 4. The highest BCUT2D eigenvalue weighted by Gasteiger charge is 2.40. The van der Waals surface area contributed by atoms with E-state index in [9.17, 15) is 9.59 Å². The molecule has 0 aliphatic rings. The van der Waals surface area contributed by atoms with Crippen molar-refractivity contribution in [1.29, 1.82) is 0 Å². The average molecular weight is 272 g/mol. The van der Waals surface area contributed by atoms with E-state index in [-0.39, 0.29) is 24.0 Å². The summed E-state index contributed by atoms with van der Waals surface area (Å²) < 4.78 is 10.4. The van der Waals surface area contributed by atoms with Gasteiger partial charge in [-0.2, -0.15) is 0 Å². The maximum Gasteiger partial charge on any atom is 0.322 e. The number of carbonyl (C=O) groups excluding carboxylic acids is 2. The van der Waals surface area contributed by atoms with Crippen LogP contribution in [0.2, 0.25) is 0 Å². The van der Waals surface area contributed by atoms with Gasteiger partial charge in [0, 0.05) is 0 Å². The molecule has 0 rings (SSSR count). The Morgan fingerprint density at radius 2 is 0.947 bits per heavy atom. The zero-order valence-electron chi connectivity index (χ0n) is 13.5. The van der Waals surface area contributed by atoms with Crippen molar-refractivity contribution in [1.82, 2.24) is 0 Å². The van der Waals surface area contributed by atoms with Crippen molar-refractivity contribution < 1.29 is 19.1 Å². The van der Waals surface area contributed by atoms with Crippen LogP contribution in [0.3, 0.4) is 0 Å². The van der Waals surface area contributed by atoms with Gasteiger partial charge >= 0.3 is 11.9 Å². The lowest BCUT2D eigenvalue weighted by Gasteiger charge is -2.26. The molecule has 0 aliphatic heterocycles. The number of esters is 2. The normalized spacial score (nSPS) is 13.1. The lowest BCUT2D eigenvalue weighted by atomic mass is 9.93. The molecule has 0 aromatic carbocycles. The van der Waals surface area contributed by atoms with E-state index in [1.807, 2.05) is 41.5 Å². The molecule has 0 fully saturated rings. The van der Waals surface area contributed by atoms with E-state index >= 15 is 0 Å². The van der Waals surface area contributed by atoms with Crippen molar-refractivity contribution in [2.24, 2.45) is 16.2 Å². The molecule has 0 unspecified atom stereocenters. The molecule has 112 valence electrons. The highest BCUT2D eigenvalue weighted by molar-refractivity contribution is 5.99. The van der Waals surface area contributed by atoms with Gasteiger partial charge in [-0.15, -0.1) is 0 Å². The summed E-state index contributed by atoms with van der Waals surface area (Å²) in [5, 5.41) is 0. The fraction of sp³-hybridized carbons (Fsp3) is 0.867. The number of hydrogen-bond donors (Lipinski definition) is 0. The van der Waals surface area contributed by atoms with Crippen molar-refractivity contribution in [3.05, 3.63) is 0 Å². The lowest BCUT2D eigenvalue weighted by Crippen LogP contribution is -2.39. The topological polar surface area (TPSA) is 52.6 Å². The highest BCUT2D eigenvalue weighted by atomic mass is 16.6. The Labute approximate surface area is 116 Å². The van der Waals surface area contributed by atoms with Gasteiger partial charge < -0.3 is 9.47 Å². The van der Waals surface area contributed by atoms with Crippen molar-refractivity contribution in [3.8, 4) is 0 Å². The molecule has 0 aromatic heterocycles. The number of hydrogen-bond acceptors (Lipinski definition) is 4. The van der Waals surface area contributed by atoms with Gasteiger partial charge in [0.1, 0.15) is 0 Å². The molecule has 0 bridgehead atoms. The fourth-order valence-electron chi connectivity index (χ4n) is 1.01. The van der Waals surface area contributed by atoms with Crippen LogP contribution in [0, 0.1) is 16.2 Å². The van der Waals surface area contributed by atoms with Crippen LogP contribution in [0.15, 0.2) is 0 Å². The standard InChI is InChI=1S/C15H28O4/c1-13(2,3)9-18-11(16)15(7,8)12(17)19-10-14(4,5)6/h9-10H2,1-8H3. The Morgan fingerprint density at radius 1 is 0.684 bits per heavy atom. The molecule has 0 radical (unpaired) electrons. The molecule has 0 N–H and O–H groups in total. The Kier molecular flexibility index (Phi) is 5.60. The third kappa shape index (κ3) is 7.19. The molecule has 19 heavy (non-hydrogen) atoms. The quantitative estimate of drug-likeness (QED) is 0.582. The minimum absolute atomic E-state index is 0.124. The maximum atomic E-state index is 12.0. The van der Waals surface area contributed by atoms with Crippen LogP contribution < -0.4 is 0 Å². The van der Waals surface area contributed by atoms with Crippen molar-refractivity contribution in [3.63, 3.8) is 0 Å². The second-order valence-electron chi connectivity index (χ2n) is 7.90. The van der Waals surface area contributed by atoms with Gasteiger partial charge in [-0.3, -0.25) is 9.59 Å². The first kappa shape index (κ1) is 17.9. The van der Waals surface area contributed by atoms with Gasteiger partial charge in [0.2, 0.25) is 0 Å². The summed E-state index contributed by atoms with van der Waals surface area (Å²) in [5.41, 5.74) is -1.52. The first-order chi connectivity index (χ1) is 8.26. The summed E-state index contributed by atoms with van der Waals surface area (Å²) in [6.07, 6.45) is 0. The van der Waals surface area contributed by atoms with Crippen LogP contribution in [0.1, 0.15) is 55.4 Å². The smallest absolute Gasteiger partial charge is 0.322 e. The molecule has 0 heterocycles. The van der Waals surface area contributed by atoms with Crippen LogP contribution >= 0.6 is 0 Å². The third-order valence-corrected chi connectivity index (χ3v) is 2.29. The number of carbonyl (C=O) groups is 2. The molecule has 4 nitrogen and oxygen atoms in total. The SMILES string of the molecule is CC(C)(C)COC(=O)C(C)(C)C(=O)OCC(C)(C)C. The molecule has 0 saturated heterocycles. The van der Waals surface area contributed by atoms with Crippen molar-refractivity contribution in [2.45, 2.75) is 55.4 Å². The van der Waals surface area contributed by atoms with Crippen molar-refractivity contribution in [2.75, 3.05) is 13.2 Å². The van der Waals surface area contributed by atoms with E-state index in [2.05, 4.69) is 0 Å². The minimum Gasteiger partial charge on any atom is -0.464 e. The van der Waals surface area contributed by atoms with Gasteiger partial charge in [-0.25, -0.2) is 0 Å². The Bertz CT molecular complexity index is 297. The van der Waals surface area contributed by atoms with Crippen LogP contribution in [0.5, 0.6) is 0 Å². The van der Waals surface area contributed by atoms with Crippen molar-refractivity contribution >= 4 is 11.9 Å². The Balaban J connectivity index is 4.51. The van der Waals surface area contributed by atoms with E-state index in [0.717, 1.165) is 0 Å². The molecule has 0 aromatic rings. The predicted octanol–water partition coefficient (Wildman–Crippen LogP) is 3.19. The molecular formula is C15H28O4. The van der Waals surface area contributed by atoms with E-state index in [1.165, 1.54) is 13.8 Å². The molecule has 0 spiro atoms. The third-order valence-electron chi connectivity index (χ3n) is 2.29. The lowest BCUT2D eigenvalue weighted by molar-refractivity contribution is -0.172. The zero-order valence-corrected chi connectivity index (χ0v) is 13.5. The summed E-state index contributed by atoms with van der Waals surface area (Å²) in [6, 6.07) is 0. The minimum atomic E-state index is -1.27. The largest absolute Gasteiger partial charge is 0.464 e. The monoisotopic (exact) mass is 272 g/mol. The first-order valence-corrected chi connectivity index (χ1v) is 6.60. The summed E-state index contributed by atoms with van der Waals surface area (Å²) in [6.45, 7) is 15.4. The van der Waals surface area contributed by atoms with E-state index < -0.39 is 17.4 Å². The predicted molar refractivity (Wildman–Crippen MR) is 74.6 cm³/mol. The summed E-state index contributed by atoms with van der Waals surface area (Å²) >= 11 is 0. The van der Waals surface area contributed by atoms with Gasteiger partial charge in [-0.1, -0.05) is 41.5 Å². The Hall–Kier alpha value is -1.06. The average Bonchev–Trinajstić information content (AvgIpc) is 2.20. The highest BCUT2D eigenvalue weighted by Crippen LogP contribution is 2.24. The maximum absolute atomic E-state index is 12.0. The molecular weight excluding hydrogens is 244 g/mol. The first-order valence-electron chi connectivity index (χ1n) is 6.60. The number of ether oxygens (including phenoxy) is 2. The molecule has 4 heteroatoms. The van der Waals surface area contributed by atoms with E-state index in [0.29, 0.717) is 0 Å². The van der Waals surface area contributed by atoms with E-state index in [4.69, 9.17) is 9.47 Å². The Morgan fingerprint density at radius 3 is 1.16 bits per heavy atom. The fourth-order valence-corrected chi connectivity index (χ4v) is 1.01. The van der Waals surface area contributed by atoms with E-state index in [1.54, 1.807) is 0 Å². The van der Waals surface area contributed by atoms with Crippen LogP contribution in [0.4, 0.5) is 0 Å². The van der Waals surface area contributed by atoms with Crippen LogP contribution in [-0.4, -0.2) is 25.2 Å². The summed E-state index contributed by atoms with van der Waals surface area (Å²) in [5.74, 6) is -1.08.